The minimum absolute atomic E-state index is 0.130. The van der Waals surface area contributed by atoms with Gasteiger partial charge < -0.3 is 9.47 Å². The minimum Gasteiger partial charge on any atom is -0.500 e. The number of methoxy groups -OCH3 is 1. The lowest BCUT2D eigenvalue weighted by Gasteiger charge is -1.96. The Morgan fingerprint density at radius 1 is 1.73 bits per heavy atom. The predicted octanol–water partition coefficient (Wildman–Crippen LogP) is 0.603. The fourth-order valence-corrected chi connectivity index (χ4v) is 0.397. The first kappa shape index (κ1) is 9.50. The molecule has 0 amide bonds. The Labute approximate surface area is 65.0 Å². The number of hydrogen-bond acceptors (Lipinski definition) is 4. The molecular weight excluding hydrogens is 146 g/mol. The Balaban J connectivity index is 4.18. The van der Waals surface area contributed by atoms with Crippen LogP contribution in [0.25, 0.3) is 0 Å². The van der Waals surface area contributed by atoms with Crippen LogP contribution < -0.4 is 0 Å². The molecule has 4 heteroatoms. The van der Waals surface area contributed by atoms with Crippen molar-refractivity contribution in [2.75, 3.05) is 13.7 Å². The van der Waals surface area contributed by atoms with Crippen LogP contribution in [0.15, 0.2) is 11.8 Å². The van der Waals surface area contributed by atoms with Crippen molar-refractivity contribution >= 4 is 5.97 Å². The molecule has 0 aromatic rings. The van der Waals surface area contributed by atoms with Crippen molar-refractivity contribution in [3.05, 3.63) is 11.8 Å². The second kappa shape index (κ2) is 5.30. The van der Waals surface area contributed by atoms with E-state index in [2.05, 4.69) is 4.74 Å². The van der Waals surface area contributed by atoms with E-state index in [4.69, 9.17) is 10.00 Å². The van der Waals surface area contributed by atoms with Crippen molar-refractivity contribution in [2.45, 2.75) is 6.92 Å². The van der Waals surface area contributed by atoms with Crippen molar-refractivity contribution in [2.24, 2.45) is 0 Å². The van der Waals surface area contributed by atoms with Crippen molar-refractivity contribution in [1.82, 2.24) is 0 Å². The van der Waals surface area contributed by atoms with E-state index in [1.165, 1.54) is 7.11 Å². The van der Waals surface area contributed by atoms with Crippen LogP contribution in [0, 0.1) is 11.3 Å². The van der Waals surface area contributed by atoms with Gasteiger partial charge in [-0.15, -0.1) is 0 Å². The number of esters is 1. The predicted molar refractivity (Wildman–Crippen MR) is 37.3 cm³/mol. The van der Waals surface area contributed by atoms with Crippen LogP contribution in [0.4, 0.5) is 0 Å². The summed E-state index contributed by atoms with van der Waals surface area (Å²) in [6.07, 6.45) is 1.09. The molecule has 0 atom stereocenters. The highest BCUT2D eigenvalue weighted by atomic mass is 16.5. The largest absolute Gasteiger partial charge is 0.500 e. The van der Waals surface area contributed by atoms with Gasteiger partial charge in [0, 0.05) is 0 Å². The number of hydrogen-bond donors (Lipinski definition) is 0. The van der Waals surface area contributed by atoms with E-state index in [-0.39, 0.29) is 5.57 Å². The van der Waals surface area contributed by atoms with Gasteiger partial charge in [-0.25, -0.2) is 4.79 Å². The Morgan fingerprint density at radius 2 is 2.36 bits per heavy atom. The number of carbonyl (C=O) groups excluding carboxylic acids is 1. The maximum Gasteiger partial charge on any atom is 0.351 e. The van der Waals surface area contributed by atoms with E-state index in [1.807, 2.05) is 0 Å². The Bertz CT molecular complexity index is 202. The number of nitriles is 1. The molecule has 0 N–H and O–H groups in total. The molecule has 0 radical (unpaired) electrons. The summed E-state index contributed by atoms with van der Waals surface area (Å²) < 4.78 is 9.01. The Kier molecular flexibility index (Phi) is 4.58. The van der Waals surface area contributed by atoms with E-state index in [9.17, 15) is 4.79 Å². The van der Waals surface area contributed by atoms with Crippen molar-refractivity contribution in [3.63, 3.8) is 0 Å². The summed E-state index contributed by atoms with van der Waals surface area (Å²) in [5, 5.41) is 8.36. The summed E-state index contributed by atoms with van der Waals surface area (Å²) in [5.41, 5.74) is -0.130. The normalized spacial score (nSPS) is 10.1. The zero-order valence-corrected chi connectivity index (χ0v) is 6.46. The van der Waals surface area contributed by atoms with Crippen molar-refractivity contribution < 1.29 is 14.3 Å². The van der Waals surface area contributed by atoms with Gasteiger partial charge in [-0.3, -0.25) is 0 Å². The third-order valence-electron chi connectivity index (χ3n) is 0.894. The van der Waals surface area contributed by atoms with Crippen LogP contribution in [-0.2, 0) is 14.3 Å². The zero-order valence-electron chi connectivity index (χ0n) is 6.46. The van der Waals surface area contributed by atoms with Gasteiger partial charge in [-0.05, 0) is 6.92 Å². The molecule has 0 aromatic heterocycles. The van der Waals surface area contributed by atoms with Crippen LogP contribution >= 0.6 is 0 Å². The molecule has 60 valence electrons. The molecule has 0 aliphatic rings. The number of ether oxygens (including phenoxy) is 2. The van der Waals surface area contributed by atoms with Gasteiger partial charge in [-0.2, -0.15) is 5.26 Å². The molecule has 11 heavy (non-hydrogen) atoms. The lowest BCUT2D eigenvalue weighted by Crippen LogP contribution is -2.03. The summed E-state index contributed by atoms with van der Waals surface area (Å²) in [5.74, 6) is -0.680. The Hall–Kier alpha value is -1.50. The quantitative estimate of drug-likeness (QED) is 0.259. The summed E-state index contributed by atoms with van der Waals surface area (Å²) in [6, 6.07) is 1.65. The fraction of sp³-hybridized carbons (Fsp3) is 0.429. The van der Waals surface area contributed by atoms with E-state index < -0.39 is 5.97 Å². The van der Waals surface area contributed by atoms with E-state index in [0.717, 1.165) is 6.26 Å². The van der Waals surface area contributed by atoms with Crippen LogP contribution in [0.1, 0.15) is 6.92 Å². The molecule has 0 heterocycles. The van der Waals surface area contributed by atoms with Crippen LogP contribution in [0.2, 0.25) is 0 Å². The molecule has 0 saturated heterocycles. The van der Waals surface area contributed by atoms with Gasteiger partial charge in [0.2, 0.25) is 0 Å². The second-order valence-corrected chi connectivity index (χ2v) is 1.59. The van der Waals surface area contributed by atoms with Gasteiger partial charge in [0.1, 0.15) is 12.3 Å². The molecule has 0 fully saturated rings. The minimum atomic E-state index is -0.680. The molecule has 0 saturated carbocycles. The zero-order chi connectivity index (χ0) is 8.69. The molecule has 0 bridgehead atoms. The smallest absolute Gasteiger partial charge is 0.351 e. The third-order valence-corrected chi connectivity index (χ3v) is 0.894. The van der Waals surface area contributed by atoms with Gasteiger partial charge in [0.25, 0.3) is 0 Å². The average Bonchev–Trinajstić information content (AvgIpc) is 2.05. The molecule has 0 rings (SSSR count). The monoisotopic (exact) mass is 155 g/mol. The summed E-state index contributed by atoms with van der Waals surface area (Å²) in [7, 11) is 1.21. The van der Waals surface area contributed by atoms with Crippen molar-refractivity contribution in [3.8, 4) is 6.07 Å². The van der Waals surface area contributed by atoms with E-state index >= 15 is 0 Å². The first-order valence-corrected chi connectivity index (χ1v) is 3.06. The van der Waals surface area contributed by atoms with E-state index in [1.54, 1.807) is 13.0 Å². The molecule has 0 unspecified atom stereocenters. The molecule has 0 aliphatic heterocycles. The summed E-state index contributed by atoms with van der Waals surface area (Å²) in [4.78, 5) is 10.7. The average molecular weight is 155 g/mol. The maximum absolute atomic E-state index is 10.7. The van der Waals surface area contributed by atoms with Crippen LogP contribution in [-0.4, -0.2) is 19.7 Å². The van der Waals surface area contributed by atoms with Gasteiger partial charge in [-0.1, -0.05) is 0 Å². The molecular formula is C7H9NO3. The highest BCUT2D eigenvalue weighted by Gasteiger charge is 2.07. The van der Waals surface area contributed by atoms with Gasteiger partial charge in [0.05, 0.1) is 13.7 Å². The molecule has 0 aliphatic carbocycles. The standard InChI is InChI=1S/C7H9NO3/c1-3-11-5-6(4-8)7(9)10-2/h5H,3H2,1-2H3/b6-5+. The summed E-state index contributed by atoms with van der Waals surface area (Å²) in [6.45, 7) is 2.17. The number of carbonyl (C=O) groups is 1. The first-order valence-electron chi connectivity index (χ1n) is 3.06. The first-order chi connectivity index (χ1) is 5.26. The SMILES string of the molecule is CCO/C=C(\C#N)C(=O)OC. The van der Waals surface area contributed by atoms with Gasteiger partial charge >= 0.3 is 5.97 Å². The Morgan fingerprint density at radius 3 is 2.73 bits per heavy atom. The third kappa shape index (κ3) is 3.26. The number of nitrogens with zero attached hydrogens (tertiary/aromatic N) is 1. The molecule has 0 aromatic carbocycles. The number of rotatable bonds is 3. The van der Waals surface area contributed by atoms with E-state index in [0.29, 0.717) is 6.61 Å². The van der Waals surface area contributed by atoms with Crippen LogP contribution in [0.3, 0.4) is 0 Å². The lowest BCUT2D eigenvalue weighted by molar-refractivity contribution is -0.135. The van der Waals surface area contributed by atoms with Crippen LogP contribution in [0.5, 0.6) is 0 Å². The lowest BCUT2D eigenvalue weighted by atomic mass is 10.3. The topological polar surface area (TPSA) is 59.3 Å². The molecule has 0 spiro atoms. The highest BCUT2D eigenvalue weighted by Crippen LogP contribution is 1.95. The highest BCUT2D eigenvalue weighted by molar-refractivity contribution is 5.92. The maximum atomic E-state index is 10.7. The van der Waals surface area contributed by atoms with Crippen molar-refractivity contribution in [1.29, 1.82) is 5.26 Å². The van der Waals surface area contributed by atoms with Gasteiger partial charge in [0.15, 0.2) is 5.57 Å². The molecule has 4 nitrogen and oxygen atoms in total. The summed E-state index contributed by atoms with van der Waals surface area (Å²) >= 11 is 0. The fourth-order valence-electron chi connectivity index (χ4n) is 0.397. The second-order valence-electron chi connectivity index (χ2n) is 1.59.